The summed E-state index contributed by atoms with van der Waals surface area (Å²) >= 11 is 6.00. The van der Waals surface area contributed by atoms with E-state index in [2.05, 4.69) is 25.3 Å². The average Bonchev–Trinajstić information content (AvgIpc) is 2.81. The summed E-state index contributed by atoms with van der Waals surface area (Å²) in [5.74, 6) is 0.882. The molecule has 0 aliphatic heterocycles. The number of pyridine rings is 2. The molecule has 0 aliphatic carbocycles. The van der Waals surface area contributed by atoms with E-state index in [1.807, 2.05) is 48.5 Å². The van der Waals surface area contributed by atoms with Crippen LogP contribution in [0.5, 0.6) is 0 Å². The van der Waals surface area contributed by atoms with Gasteiger partial charge in [-0.05, 0) is 54.1 Å². The predicted molar refractivity (Wildman–Crippen MR) is 121 cm³/mol. The predicted octanol–water partition coefficient (Wildman–Crippen LogP) is 6.29. The van der Waals surface area contributed by atoms with Crippen LogP contribution < -0.4 is 5.32 Å². The van der Waals surface area contributed by atoms with E-state index < -0.39 is 5.82 Å². The van der Waals surface area contributed by atoms with Gasteiger partial charge in [0.15, 0.2) is 0 Å². The number of aromatic nitrogens is 4. The monoisotopic (exact) mass is 427 g/mol. The van der Waals surface area contributed by atoms with E-state index in [0.717, 1.165) is 27.6 Å². The van der Waals surface area contributed by atoms with E-state index in [1.165, 1.54) is 12.4 Å². The van der Waals surface area contributed by atoms with Crippen LogP contribution in [0.4, 0.5) is 16.0 Å². The van der Waals surface area contributed by atoms with Gasteiger partial charge in [-0.25, -0.2) is 19.3 Å². The molecule has 0 bridgehead atoms. The molecule has 31 heavy (non-hydrogen) atoms. The maximum Gasteiger partial charge on any atom is 0.142 e. The van der Waals surface area contributed by atoms with Crippen LogP contribution in [-0.4, -0.2) is 19.9 Å². The van der Waals surface area contributed by atoms with Crippen molar-refractivity contribution in [2.75, 3.05) is 5.32 Å². The van der Waals surface area contributed by atoms with Crippen molar-refractivity contribution in [1.29, 1.82) is 0 Å². The first-order valence-electron chi connectivity index (χ1n) is 9.53. The van der Waals surface area contributed by atoms with Gasteiger partial charge in [0.05, 0.1) is 16.2 Å². The van der Waals surface area contributed by atoms with Gasteiger partial charge in [-0.2, -0.15) is 0 Å². The number of nitrogens with one attached hydrogen (secondary N) is 1. The van der Waals surface area contributed by atoms with Gasteiger partial charge in [-0.15, -0.1) is 0 Å². The highest BCUT2D eigenvalue weighted by Gasteiger charge is 2.13. The van der Waals surface area contributed by atoms with Crippen LogP contribution in [0.3, 0.4) is 0 Å². The molecule has 0 spiro atoms. The van der Waals surface area contributed by atoms with E-state index in [-0.39, 0.29) is 5.02 Å². The van der Waals surface area contributed by atoms with Crippen molar-refractivity contribution in [2.45, 2.75) is 0 Å². The molecule has 2 aromatic carbocycles. The Balaban J connectivity index is 1.63. The molecule has 1 N–H and O–H groups in total. The van der Waals surface area contributed by atoms with Gasteiger partial charge in [0.25, 0.3) is 0 Å². The second-order valence-electron chi connectivity index (χ2n) is 6.82. The Morgan fingerprint density at radius 2 is 1.65 bits per heavy atom. The normalized spacial score (nSPS) is 10.9. The van der Waals surface area contributed by atoms with Gasteiger partial charge in [-0.1, -0.05) is 29.8 Å². The van der Waals surface area contributed by atoms with Crippen LogP contribution >= 0.6 is 11.6 Å². The molecule has 3 aromatic heterocycles. The number of hydrogen-bond acceptors (Lipinski definition) is 5. The number of nitrogens with zero attached hydrogens (tertiary/aromatic N) is 4. The number of rotatable bonds is 4. The Morgan fingerprint density at radius 3 is 2.48 bits per heavy atom. The highest BCUT2D eigenvalue weighted by molar-refractivity contribution is 6.31. The molecule has 0 saturated carbocycles. The first-order chi connectivity index (χ1) is 15.2. The summed E-state index contributed by atoms with van der Waals surface area (Å²) in [6.45, 7) is 0. The Bertz CT molecular complexity index is 1390. The van der Waals surface area contributed by atoms with E-state index in [1.54, 1.807) is 24.5 Å². The lowest BCUT2D eigenvalue weighted by Crippen LogP contribution is -1.98. The van der Waals surface area contributed by atoms with Gasteiger partial charge in [0.1, 0.15) is 23.8 Å². The number of benzene rings is 2. The zero-order chi connectivity index (χ0) is 21.2. The molecule has 0 unspecified atom stereocenters. The zero-order valence-electron chi connectivity index (χ0n) is 16.1. The third-order valence-electron chi connectivity index (χ3n) is 4.86. The van der Waals surface area contributed by atoms with E-state index in [9.17, 15) is 4.39 Å². The Morgan fingerprint density at radius 1 is 0.774 bits per heavy atom. The summed E-state index contributed by atoms with van der Waals surface area (Å²) in [5, 5.41) is 4.15. The first-order valence-corrected chi connectivity index (χ1v) is 9.90. The molecule has 0 fully saturated rings. The van der Waals surface area contributed by atoms with E-state index >= 15 is 0 Å². The molecule has 150 valence electrons. The van der Waals surface area contributed by atoms with Gasteiger partial charge < -0.3 is 5.32 Å². The molecule has 5 rings (SSSR count). The van der Waals surface area contributed by atoms with Gasteiger partial charge >= 0.3 is 0 Å². The Hall–Kier alpha value is -3.90. The van der Waals surface area contributed by atoms with Crippen LogP contribution in [0.1, 0.15) is 0 Å². The van der Waals surface area contributed by atoms with Gasteiger partial charge in [-0.3, -0.25) is 4.98 Å². The summed E-state index contributed by atoms with van der Waals surface area (Å²) in [6, 6.07) is 20.0. The van der Waals surface area contributed by atoms with Crippen LogP contribution in [0.2, 0.25) is 5.02 Å². The van der Waals surface area contributed by atoms with Crippen LogP contribution in [0.25, 0.3) is 33.3 Å². The third-order valence-corrected chi connectivity index (χ3v) is 5.15. The van der Waals surface area contributed by atoms with Crippen molar-refractivity contribution in [3.8, 4) is 22.4 Å². The number of anilines is 2. The van der Waals surface area contributed by atoms with Crippen molar-refractivity contribution in [2.24, 2.45) is 0 Å². The van der Waals surface area contributed by atoms with Crippen molar-refractivity contribution in [1.82, 2.24) is 19.9 Å². The molecule has 0 radical (unpaired) electrons. The molecular formula is C24H15ClFN5. The number of hydrogen-bond donors (Lipinski definition) is 1. The molecule has 0 amide bonds. The minimum Gasteiger partial charge on any atom is -0.324 e. The fourth-order valence-electron chi connectivity index (χ4n) is 3.39. The summed E-state index contributed by atoms with van der Waals surface area (Å²) in [4.78, 5) is 17.6. The third kappa shape index (κ3) is 3.81. The number of fused-ring (bicyclic) bond motifs is 1. The number of halogens is 2. The minimum atomic E-state index is -0.462. The minimum absolute atomic E-state index is 0.0582. The zero-order valence-corrected chi connectivity index (χ0v) is 16.9. The largest absolute Gasteiger partial charge is 0.324 e. The van der Waals surface area contributed by atoms with E-state index in [0.29, 0.717) is 17.3 Å². The topological polar surface area (TPSA) is 63.6 Å². The van der Waals surface area contributed by atoms with E-state index in [4.69, 9.17) is 11.6 Å². The fraction of sp³-hybridized carbons (Fsp3) is 0. The van der Waals surface area contributed by atoms with Crippen LogP contribution in [-0.2, 0) is 0 Å². The van der Waals surface area contributed by atoms with Crippen molar-refractivity contribution >= 4 is 34.1 Å². The highest BCUT2D eigenvalue weighted by Crippen LogP contribution is 2.34. The maximum absolute atomic E-state index is 13.7. The lowest BCUT2D eigenvalue weighted by molar-refractivity contribution is 0.628. The summed E-state index contributed by atoms with van der Waals surface area (Å²) in [6.07, 6.45) is 4.94. The molecule has 7 heteroatoms. The van der Waals surface area contributed by atoms with Gasteiger partial charge in [0.2, 0.25) is 0 Å². The van der Waals surface area contributed by atoms with Crippen molar-refractivity contribution < 1.29 is 4.39 Å². The van der Waals surface area contributed by atoms with Gasteiger partial charge in [0, 0.05) is 28.9 Å². The van der Waals surface area contributed by atoms with Crippen molar-refractivity contribution in [3.05, 3.63) is 96.3 Å². The Labute approximate surface area is 182 Å². The lowest BCUT2D eigenvalue weighted by atomic mass is 9.98. The highest BCUT2D eigenvalue weighted by atomic mass is 35.5. The lowest BCUT2D eigenvalue weighted by Gasteiger charge is -2.12. The second-order valence-corrected chi connectivity index (χ2v) is 7.23. The fourth-order valence-corrected chi connectivity index (χ4v) is 3.57. The maximum atomic E-state index is 13.7. The van der Waals surface area contributed by atoms with Crippen LogP contribution in [0.15, 0.2) is 85.5 Å². The van der Waals surface area contributed by atoms with Crippen molar-refractivity contribution in [3.63, 3.8) is 0 Å². The molecule has 3 heterocycles. The second kappa shape index (κ2) is 8.08. The average molecular weight is 428 g/mol. The molecule has 0 saturated heterocycles. The standard InChI is InChI=1S/C24H15ClFN5/c25-19-13-16(6-8-20(19)26)23-17(4-3-11-28-23)15-7-9-21-18(12-15)24(30-14-29-21)31-22-5-1-2-10-27-22/h1-14H,(H,27,29,30,31). The summed E-state index contributed by atoms with van der Waals surface area (Å²) in [5.41, 5.74) is 4.06. The molecule has 5 nitrogen and oxygen atoms in total. The molecule has 5 aromatic rings. The first kappa shape index (κ1) is 19.1. The SMILES string of the molecule is Fc1ccc(-c2ncccc2-c2ccc3ncnc(Nc4ccccn4)c3c2)cc1Cl. The molecule has 0 aliphatic rings. The smallest absolute Gasteiger partial charge is 0.142 e. The summed E-state index contributed by atoms with van der Waals surface area (Å²) in [7, 11) is 0. The quantitative estimate of drug-likeness (QED) is 0.365. The Kier molecular flexibility index (Phi) is 4.98. The summed E-state index contributed by atoms with van der Waals surface area (Å²) < 4.78 is 13.7. The molecular weight excluding hydrogens is 413 g/mol. The molecule has 0 atom stereocenters. The van der Waals surface area contributed by atoms with Crippen LogP contribution in [0, 0.1) is 5.82 Å².